The molecule has 1 heterocycles. The first-order valence-corrected chi connectivity index (χ1v) is 5.77. The summed E-state index contributed by atoms with van der Waals surface area (Å²) in [5.41, 5.74) is 5.99. The van der Waals surface area contributed by atoms with Crippen LogP contribution in [0.5, 0.6) is 0 Å². The number of aromatic nitrogens is 2. The van der Waals surface area contributed by atoms with Crippen LogP contribution in [0.4, 0.5) is 0 Å². The molecule has 0 fully saturated rings. The standard InChI is InChI=1S/C11H21N3O/c1-4-6-7-9-13-11(15-14-9)10(12)8(3)5-2/h8,10H,4-7,12H2,1-3H3/t8-,10-/m0/s1. The molecule has 15 heavy (non-hydrogen) atoms. The Bertz CT molecular complexity index is 285. The molecular weight excluding hydrogens is 190 g/mol. The fourth-order valence-electron chi connectivity index (χ4n) is 1.34. The van der Waals surface area contributed by atoms with Crippen LogP contribution in [0.15, 0.2) is 4.52 Å². The minimum atomic E-state index is -0.127. The first-order chi connectivity index (χ1) is 7.19. The largest absolute Gasteiger partial charge is 0.338 e. The van der Waals surface area contributed by atoms with Gasteiger partial charge in [-0.3, -0.25) is 0 Å². The summed E-state index contributed by atoms with van der Waals surface area (Å²) in [6.45, 7) is 6.35. The van der Waals surface area contributed by atoms with Gasteiger partial charge in [0.2, 0.25) is 5.89 Å². The van der Waals surface area contributed by atoms with Gasteiger partial charge in [0.05, 0.1) is 6.04 Å². The SMILES string of the molecule is CCCCc1noc([C@@H](N)[C@@H](C)CC)n1. The van der Waals surface area contributed by atoms with E-state index in [0.29, 0.717) is 11.8 Å². The van der Waals surface area contributed by atoms with Gasteiger partial charge < -0.3 is 10.3 Å². The Morgan fingerprint density at radius 3 is 2.73 bits per heavy atom. The van der Waals surface area contributed by atoms with E-state index in [1.807, 2.05) is 0 Å². The van der Waals surface area contributed by atoms with Crippen LogP contribution >= 0.6 is 0 Å². The smallest absolute Gasteiger partial charge is 0.243 e. The Balaban J connectivity index is 2.58. The van der Waals surface area contributed by atoms with Gasteiger partial charge >= 0.3 is 0 Å². The number of nitrogens with two attached hydrogens (primary N) is 1. The van der Waals surface area contributed by atoms with Crippen LogP contribution in [0, 0.1) is 5.92 Å². The van der Waals surface area contributed by atoms with Crippen LogP contribution in [-0.4, -0.2) is 10.1 Å². The average molecular weight is 211 g/mol. The first kappa shape index (κ1) is 12.2. The second-order valence-corrected chi connectivity index (χ2v) is 4.06. The van der Waals surface area contributed by atoms with E-state index >= 15 is 0 Å². The van der Waals surface area contributed by atoms with Gasteiger partial charge in [0, 0.05) is 6.42 Å². The molecule has 4 nitrogen and oxygen atoms in total. The van der Waals surface area contributed by atoms with Crippen LogP contribution in [0.3, 0.4) is 0 Å². The van der Waals surface area contributed by atoms with E-state index in [4.69, 9.17) is 10.3 Å². The van der Waals surface area contributed by atoms with Gasteiger partial charge in [-0.2, -0.15) is 4.98 Å². The summed E-state index contributed by atoms with van der Waals surface area (Å²) in [5.74, 6) is 1.74. The fourth-order valence-corrected chi connectivity index (χ4v) is 1.34. The molecule has 0 unspecified atom stereocenters. The molecule has 0 aliphatic rings. The summed E-state index contributed by atoms with van der Waals surface area (Å²) >= 11 is 0. The minimum absolute atomic E-state index is 0.127. The van der Waals surface area contributed by atoms with E-state index in [0.717, 1.165) is 31.5 Å². The predicted molar refractivity (Wildman–Crippen MR) is 59.3 cm³/mol. The summed E-state index contributed by atoms with van der Waals surface area (Å²) in [7, 11) is 0. The van der Waals surface area contributed by atoms with Gasteiger partial charge in [0.1, 0.15) is 0 Å². The molecule has 0 spiro atoms. The van der Waals surface area contributed by atoms with Crippen LogP contribution in [0.2, 0.25) is 0 Å². The van der Waals surface area contributed by atoms with Crippen molar-refractivity contribution in [2.24, 2.45) is 11.7 Å². The summed E-state index contributed by atoms with van der Waals surface area (Å²) < 4.78 is 5.16. The summed E-state index contributed by atoms with van der Waals surface area (Å²) in [6, 6.07) is -0.127. The highest BCUT2D eigenvalue weighted by atomic mass is 16.5. The van der Waals surface area contributed by atoms with Gasteiger partial charge in [0.15, 0.2) is 5.82 Å². The summed E-state index contributed by atoms with van der Waals surface area (Å²) in [6.07, 6.45) is 4.14. The molecule has 2 N–H and O–H groups in total. The molecule has 0 aliphatic heterocycles. The molecule has 0 saturated carbocycles. The van der Waals surface area contributed by atoms with Crippen molar-refractivity contribution in [2.45, 2.75) is 52.5 Å². The van der Waals surface area contributed by atoms with E-state index in [1.165, 1.54) is 0 Å². The zero-order valence-electron chi connectivity index (χ0n) is 9.86. The maximum absolute atomic E-state index is 5.99. The van der Waals surface area contributed by atoms with E-state index < -0.39 is 0 Å². The maximum Gasteiger partial charge on any atom is 0.243 e. The lowest BCUT2D eigenvalue weighted by Crippen LogP contribution is -2.18. The van der Waals surface area contributed by atoms with Crippen molar-refractivity contribution in [2.75, 3.05) is 0 Å². The third kappa shape index (κ3) is 3.30. The van der Waals surface area contributed by atoms with Crippen molar-refractivity contribution >= 4 is 0 Å². The van der Waals surface area contributed by atoms with Crippen molar-refractivity contribution < 1.29 is 4.52 Å². The Morgan fingerprint density at radius 1 is 1.40 bits per heavy atom. The second-order valence-electron chi connectivity index (χ2n) is 4.06. The van der Waals surface area contributed by atoms with E-state index in [9.17, 15) is 0 Å². The molecule has 2 atom stereocenters. The third-order valence-electron chi connectivity index (χ3n) is 2.78. The van der Waals surface area contributed by atoms with Crippen LogP contribution in [0.25, 0.3) is 0 Å². The van der Waals surface area contributed by atoms with Crippen molar-refractivity contribution in [1.82, 2.24) is 10.1 Å². The molecular formula is C11H21N3O. The van der Waals surface area contributed by atoms with Crippen molar-refractivity contribution in [3.05, 3.63) is 11.7 Å². The zero-order valence-corrected chi connectivity index (χ0v) is 9.86. The molecule has 0 aromatic carbocycles. The van der Waals surface area contributed by atoms with Gasteiger partial charge in [-0.15, -0.1) is 0 Å². The predicted octanol–water partition coefficient (Wildman–Crippen LogP) is 2.46. The average Bonchev–Trinajstić information content (AvgIpc) is 2.72. The first-order valence-electron chi connectivity index (χ1n) is 5.77. The molecule has 0 bridgehead atoms. The summed E-state index contributed by atoms with van der Waals surface area (Å²) in [4.78, 5) is 4.31. The quantitative estimate of drug-likeness (QED) is 0.785. The third-order valence-corrected chi connectivity index (χ3v) is 2.78. The van der Waals surface area contributed by atoms with Crippen LogP contribution in [-0.2, 0) is 6.42 Å². The monoisotopic (exact) mass is 211 g/mol. The van der Waals surface area contributed by atoms with Gasteiger partial charge in [-0.25, -0.2) is 0 Å². The molecule has 1 aromatic heterocycles. The number of unbranched alkanes of at least 4 members (excludes halogenated alkanes) is 1. The highest BCUT2D eigenvalue weighted by molar-refractivity contribution is 4.93. The number of nitrogens with zero attached hydrogens (tertiary/aromatic N) is 2. The molecule has 0 saturated heterocycles. The lowest BCUT2D eigenvalue weighted by atomic mass is 10.0. The van der Waals surface area contributed by atoms with Crippen molar-refractivity contribution in [3.8, 4) is 0 Å². The second kappa shape index (κ2) is 5.85. The Hall–Kier alpha value is -0.900. The number of rotatable bonds is 6. The number of hydrogen-bond donors (Lipinski definition) is 1. The topological polar surface area (TPSA) is 64.9 Å². The highest BCUT2D eigenvalue weighted by Crippen LogP contribution is 2.20. The molecule has 0 aliphatic carbocycles. The van der Waals surface area contributed by atoms with E-state index in [1.54, 1.807) is 0 Å². The van der Waals surface area contributed by atoms with E-state index in [-0.39, 0.29) is 6.04 Å². The van der Waals surface area contributed by atoms with Gasteiger partial charge in [0.25, 0.3) is 0 Å². The van der Waals surface area contributed by atoms with E-state index in [2.05, 4.69) is 30.9 Å². The zero-order chi connectivity index (χ0) is 11.3. The molecule has 0 amide bonds. The fraction of sp³-hybridized carbons (Fsp3) is 0.818. The van der Waals surface area contributed by atoms with Crippen LogP contribution < -0.4 is 5.73 Å². The normalized spacial score (nSPS) is 15.2. The lowest BCUT2D eigenvalue weighted by Gasteiger charge is -2.12. The van der Waals surface area contributed by atoms with Gasteiger partial charge in [-0.05, 0) is 12.3 Å². The number of aryl methyl sites for hydroxylation is 1. The Morgan fingerprint density at radius 2 is 2.13 bits per heavy atom. The molecule has 4 heteroatoms. The lowest BCUT2D eigenvalue weighted by molar-refractivity contribution is 0.310. The van der Waals surface area contributed by atoms with Crippen LogP contribution in [0.1, 0.15) is 57.8 Å². The Kier molecular flexibility index (Phi) is 4.75. The summed E-state index contributed by atoms with van der Waals surface area (Å²) in [5, 5.41) is 3.93. The Labute approximate surface area is 91.2 Å². The highest BCUT2D eigenvalue weighted by Gasteiger charge is 2.19. The minimum Gasteiger partial charge on any atom is -0.338 e. The van der Waals surface area contributed by atoms with Crippen molar-refractivity contribution in [1.29, 1.82) is 0 Å². The molecule has 1 rings (SSSR count). The maximum atomic E-state index is 5.99. The molecule has 86 valence electrons. The molecule has 1 aromatic rings. The number of hydrogen-bond acceptors (Lipinski definition) is 4. The van der Waals surface area contributed by atoms with Crippen molar-refractivity contribution in [3.63, 3.8) is 0 Å². The van der Waals surface area contributed by atoms with Gasteiger partial charge in [-0.1, -0.05) is 38.8 Å². The molecule has 0 radical (unpaired) electrons.